The predicted octanol–water partition coefficient (Wildman–Crippen LogP) is 15.5. The van der Waals surface area contributed by atoms with Crippen molar-refractivity contribution < 1.29 is 4.42 Å². The summed E-state index contributed by atoms with van der Waals surface area (Å²) in [6, 6.07) is 72.5. The summed E-state index contributed by atoms with van der Waals surface area (Å²) in [7, 11) is 0. The molecule has 2 nitrogen and oxygen atoms in total. The van der Waals surface area contributed by atoms with Gasteiger partial charge in [0.2, 0.25) is 0 Å². The Morgan fingerprint density at radius 2 is 0.930 bits per heavy atom. The minimum absolute atomic E-state index is 0.0870. The largest absolute Gasteiger partial charge is 0.455 e. The van der Waals surface area contributed by atoms with Gasteiger partial charge in [-0.3, -0.25) is 0 Å². The van der Waals surface area contributed by atoms with Gasteiger partial charge in [0.1, 0.15) is 11.2 Å². The SMILES string of the molecule is CC1(C)c2ccccc2-c2cccc(-c3ccc(N(c4ccc(-c5ccccc5)cc4)c4ccc(-c5cccc6oc7c8ccccc8ccc7c56)cc4)cc3)c21. The van der Waals surface area contributed by atoms with E-state index in [0.29, 0.717) is 0 Å². The van der Waals surface area contributed by atoms with Crippen molar-refractivity contribution in [2.45, 2.75) is 19.3 Å². The van der Waals surface area contributed by atoms with Crippen molar-refractivity contribution in [2.75, 3.05) is 4.90 Å². The molecule has 9 aromatic carbocycles. The second-order valence-corrected chi connectivity index (χ2v) is 15.7. The van der Waals surface area contributed by atoms with Gasteiger partial charge in [-0.1, -0.05) is 166 Å². The quantitative estimate of drug-likeness (QED) is 0.169. The maximum atomic E-state index is 6.53. The van der Waals surface area contributed by atoms with Crippen LogP contribution in [0, 0.1) is 0 Å². The van der Waals surface area contributed by atoms with Gasteiger partial charge in [0.25, 0.3) is 0 Å². The van der Waals surface area contributed by atoms with Gasteiger partial charge in [-0.05, 0) is 110 Å². The molecule has 0 aliphatic heterocycles. The van der Waals surface area contributed by atoms with E-state index in [9.17, 15) is 0 Å². The zero-order valence-corrected chi connectivity index (χ0v) is 31.9. The average molecular weight is 730 g/mol. The van der Waals surface area contributed by atoms with Crippen LogP contribution in [0.25, 0.3) is 77.2 Å². The van der Waals surface area contributed by atoms with Gasteiger partial charge in [-0.15, -0.1) is 0 Å². The second-order valence-electron chi connectivity index (χ2n) is 15.7. The third kappa shape index (κ3) is 5.33. The minimum Gasteiger partial charge on any atom is -0.455 e. The van der Waals surface area contributed by atoms with Crippen molar-refractivity contribution >= 4 is 49.8 Å². The second kappa shape index (κ2) is 13.0. The molecular formula is C55H39NO. The van der Waals surface area contributed by atoms with E-state index in [1.807, 2.05) is 0 Å². The smallest absolute Gasteiger partial charge is 0.143 e. The first-order valence-electron chi connectivity index (χ1n) is 19.8. The zero-order chi connectivity index (χ0) is 38.1. The van der Waals surface area contributed by atoms with E-state index in [-0.39, 0.29) is 5.41 Å². The van der Waals surface area contributed by atoms with Crippen LogP contribution in [0.2, 0.25) is 0 Å². The number of hydrogen-bond acceptors (Lipinski definition) is 2. The lowest BCUT2D eigenvalue weighted by atomic mass is 9.79. The molecule has 0 bridgehead atoms. The molecule has 2 heteroatoms. The molecule has 11 rings (SSSR count). The average Bonchev–Trinajstić information content (AvgIpc) is 3.77. The van der Waals surface area contributed by atoms with Gasteiger partial charge < -0.3 is 9.32 Å². The fraction of sp³-hybridized carbons (Fsp3) is 0.0545. The minimum atomic E-state index is -0.0870. The summed E-state index contributed by atoms with van der Waals surface area (Å²) in [4.78, 5) is 2.36. The number of fused-ring (bicyclic) bond motifs is 8. The van der Waals surface area contributed by atoms with E-state index >= 15 is 0 Å². The summed E-state index contributed by atoms with van der Waals surface area (Å²) in [6.07, 6.45) is 0. The van der Waals surface area contributed by atoms with Crippen molar-refractivity contribution in [3.63, 3.8) is 0 Å². The topological polar surface area (TPSA) is 16.4 Å². The number of rotatable bonds is 6. The molecule has 0 saturated heterocycles. The molecule has 270 valence electrons. The Bertz CT molecular complexity index is 3120. The van der Waals surface area contributed by atoms with E-state index in [4.69, 9.17) is 4.42 Å². The molecule has 57 heavy (non-hydrogen) atoms. The Balaban J connectivity index is 1.00. The molecule has 1 heterocycles. The molecule has 1 aromatic heterocycles. The van der Waals surface area contributed by atoms with Crippen LogP contribution in [0.3, 0.4) is 0 Å². The van der Waals surface area contributed by atoms with E-state index in [1.54, 1.807) is 0 Å². The Labute approximate surface area is 332 Å². The molecule has 0 amide bonds. The lowest BCUT2D eigenvalue weighted by molar-refractivity contribution is 0.662. The summed E-state index contributed by atoms with van der Waals surface area (Å²) in [5.41, 5.74) is 17.7. The van der Waals surface area contributed by atoms with E-state index in [0.717, 1.165) is 55.5 Å². The van der Waals surface area contributed by atoms with Gasteiger partial charge in [-0.2, -0.15) is 0 Å². The first-order chi connectivity index (χ1) is 28.0. The molecule has 0 unspecified atom stereocenters. The number of nitrogens with zero attached hydrogens (tertiary/aromatic N) is 1. The third-order valence-corrected chi connectivity index (χ3v) is 12.1. The van der Waals surface area contributed by atoms with Gasteiger partial charge in [0.15, 0.2) is 0 Å². The Kier molecular flexibility index (Phi) is 7.55. The van der Waals surface area contributed by atoms with Crippen LogP contribution >= 0.6 is 0 Å². The van der Waals surface area contributed by atoms with Crippen molar-refractivity contribution in [1.29, 1.82) is 0 Å². The molecule has 0 radical (unpaired) electrons. The molecular weight excluding hydrogens is 691 g/mol. The van der Waals surface area contributed by atoms with E-state index < -0.39 is 0 Å². The monoisotopic (exact) mass is 729 g/mol. The number of anilines is 3. The highest BCUT2D eigenvalue weighted by Crippen LogP contribution is 2.52. The van der Waals surface area contributed by atoms with Gasteiger partial charge in [0.05, 0.1) is 0 Å². The van der Waals surface area contributed by atoms with Crippen molar-refractivity contribution in [1.82, 2.24) is 0 Å². The highest BCUT2D eigenvalue weighted by atomic mass is 16.3. The molecule has 0 fully saturated rings. The first kappa shape index (κ1) is 33.2. The van der Waals surface area contributed by atoms with Gasteiger partial charge >= 0.3 is 0 Å². The summed E-state index contributed by atoms with van der Waals surface area (Å²) >= 11 is 0. The molecule has 1 aliphatic rings. The van der Waals surface area contributed by atoms with Gasteiger partial charge in [-0.25, -0.2) is 0 Å². The lowest BCUT2D eigenvalue weighted by Crippen LogP contribution is -2.16. The van der Waals surface area contributed by atoms with E-state index in [1.165, 1.54) is 49.9 Å². The highest BCUT2D eigenvalue weighted by molar-refractivity contribution is 6.19. The van der Waals surface area contributed by atoms with E-state index in [2.05, 4.69) is 219 Å². The van der Waals surface area contributed by atoms with Crippen LogP contribution < -0.4 is 4.90 Å². The standard InChI is InChI=1S/C55H39NO/c1-55(2)50-20-9-8-16-47(50)48-19-10-18-45(53(48)55)40-26-33-43(34-27-40)56(41-29-22-37(23-30-41)36-12-4-3-5-13-36)42-31-24-39(25-32-42)44-17-11-21-51-52(44)49-35-28-38-14-6-7-15-46(38)54(49)57-51/h3-35H,1-2H3. The Morgan fingerprint density at radius 3 is 1.67 bits per heavy atom. The first-order valence-corrected chi connectivity index (χ1v) is 19.8. The maximum absolute atomic E-state index is 6.53. The van der Waals surface area contributed by atoms with Crippen LogP contribution in [0.4, 0.5) is 17.1 Å². The van der Waals surface area contributed by atoms with Crippen LogP contribution in [-0.2, 0) is 5.41 Å². The number of benzene rings is 9. The molecule has 10 aromatic rings. The molecule has 0 atom stereocenters. The molecule has 0 N–H and O–H groups in total. The van der Waals surface area contributed by atoms with Crippen molar-refractivity contribution in [3.05, 3.63) is 211 Å². The summed E-state index contributed by atoms with van der Waals surface area (Å²) in [5.74, 6) is 0. The number of hydrogen-bond donors (Lipinski definition) is 0. The van der Waals surface area contributed by atoms with Crippen molar-refractivity contribution in [2.24, 2.45) is 0 Å². The lowest BCUT2D eigenvalue weighted by Gasteiger charge is -2.27. The number of furan rings is 1. The molecule has 0 spiro atoms. The predicted molar refractivity (Wildman–Crippen MR) is 240 cm³/mol. The summed E-state index contributed by atoms with van der Waals surface area (Å²) < 4.78 is 6.53. The van der Waals surface area contributed by atoms with Crippen LogP contribution in [0.5, 0.6) is 0 Å². The maximum Gasteiger partial charge on any atom is 0.143 e. The van der Waals surface area contributed by atoms with Crippen LogP contribution in [-0.4, -0.2) is 0 Å². The molecule has 0 saturated carbocycles. The Hall–Kier alpha value is -7.16. The summed E-state index contributed by atoms with van der Waals surface area (Å²) in [6.45, 7) is 4.72. The fourth-order valence-electron chi connectivity index (χ4n) is 9.34. The fourth-order valence-corrected chi connectivity index (χ4v) is 9.34. The zero-order valence-electron chi connectivity index (χ0n) is 31.9. The Morgan fingerprint density at radius 1 is 0.386 bits per heavy atom. The normalized spacial score (nSPS) is 12.9. The highest BCUT2D eigenvalue weighted by Gasteiger charge is 2.37. The summed E-state index contributed by atoms with van der Waals surface area (Å²) in [5, 5.41) is 4.61. The van der Waals surface area contributed by atoms with Crippen molar-refractivity contribution in [3.8, 4) is 44.5 Å². The third-order valence-electron chi connectivity index (χ3n) is 12.1. The van der Waals surface area contributed by atoms with Gasteiger partial charge in [0, 0.05) is 38.6 Å². The molecule has 1 aliphatic carbocycles. The van der Waals surface area contributed by atoms with Crippen LogP contribution in [0.1, 0.15) is 25.0 Å². The van der Waals surface area contributed by atoms with Crippen LogP contribution in [0.15, 0.2) is 205 Å².